The summed E-state index contributed by atoms with van der Waals surface area (Å²) in [5.41, 5.74) is 3.74. The molecule has 0 aliphatic carbocycles. The van der Waals surface area contributed by atoms with Crippen LogP contribution in [-0.4, -0.2) is 22.6 Å². The van der Waals surface area contributed by atoms with Crippen LogP contribution in [0.4, 0.5) is 0 Å². The Balaban J connectivity index is 0.000000595. The van der Waals surface area contributed by atoms with E-state index in [0.717, 1.165) is 22.6 Å². The van der Waals surface area contributed by atoms with E-state index >= 15 is 0 Å². The first-order valence-corrected chi connectivity index (χ1v) is 14.3. The van der Waals surface area contributed by atoms with Crippen molar-refractivity contribution in [3.8, 4) is 0 Å². The van der Waals surface area contributed by atoms with Crippen molar-refractivity contribution in [2.24, 2.45) is 0 Å². The van der Waals surface area contributed by atoms with E-state index in [1.54, 1.807) is 10.6 Å². The van der Waals surface area contributed by atoms with E-state index in [-0.39, 0.29) is 15.8 Å². The molecule has 2 aliphatic heterocycles. The van der Waals surface area contributed by atoms with Crippen LogP contribution >= 0.6 is 36.1 Å². The summed E-state index contributed by atoms with van der Waals surface area (Å²) in [4.78, 5) is 0. The van der Waals surface area contributed by atoms with Gasteiger partial charge in [0.05, 0.1) is 0 Å². The number of rotatable bonds is 2. The van der Waals surface area contributed by atoms with Gasteiger partial charge in [0.15, 0.2) is 0 Å². The molecule has 0 bridgehead atoms. The Morgan fingerprint density at radius 3 is 1.26 bits per heavy atom. The van der Waals surface area contributed by atoms with Crippen molar-refractivity contribution in [2.75, 3.05) is 0 Å². The first kappa shape index (κ1) is 20.5. The van der Waals surface area contributed by atoms with Gasteiger partial charge in [-0.2, -0.15) is 0 Å². The molecule has 0 radical (unpaired) electrons. The van der Waals surface area contributed by atoms with Gasteiger partial charge in [-0.3, -0.25) is 0 Å². The summed E-state index contributed by atoms with van der Waals surface area (Å²) in [5.74, 6) is 0. The molecule has 0 spiro atoms. The molecule has 1 aromatic carbocycles. The summed E-state index contributed by atoms with van der Waals surface area (Å²) in [6.45, 7) is 10.0. The Labute approximate surface area is 159 Å². The van der Waals surface area contributed by atoms with Gasteiger partial charge in [0, 0.05) is 0 Å². The van der Waals surface area contributed by atoms with Crippen molar-refractivity contribution in [1.29, 1.82) is 0 Å². The van der Waals surface area contributed by atoms with E-state index in [0.29, 0.717) is 12.9 Å². The number of benzene rings is 1. The average Bonchev–Trinajstić information content (AvgIpc) is 3.02. The number of hydrogen-bond donors (Lipinski definition) is 0. The summed E-state index contributed by atoms with van der Waals surface area (Å²) in [6, 6.07) is 9.55. The zero-order valence-corrected chi connectivity index (χ0v) is 18.8. The molecule has 2 fully saturated rings. The molecule has 23 heavy (non-hydrogen) atoms. The molecule has 2 heterocycles. The van der Waals surface area contributed by atoms with Crippen molar-refractivity contribution in [2.45, 2.75) is 76.0 Å². The standard InChI is InChI=1S/C18H28P2.2ClH.Co/c1-13-9-10-14(2)19(13)17-7-5-6-8-18(17)20-15(3)11-12-16(20)4;;;/h5-8,13-16H,9-12H2,1-4H3;2*1H;/q;;;+2/p-2/t13-,14-,15?,16?,20?;;;/m1.../s1. The third kappa shape index (κ3) is 4.87. The Morgan fingerprint density at radius 1 is 0.739 bits per heavy atom. The molecule has 5 heteroatoms. The van der Waals surface area contributed by atoms with Crippen LogP contribution in [0.3, 0.4) is 0 Å². The zero-order valence-electron chi connectivity index (χ0n) is 14.4. The van der Waals surface area contributed by atoms with Gasteiger partial charge in [-0.25, -0.2) is 0 Å². The van der Waals surface area contributed by atoms with Crippen LogP contribution in [0.1, 0.15) is 53.4 Å². The second kappa shape index (κ2) is 9.75. The molecule has 0 N–H and O–H groups in total. The van der Waals surface area contributed by atoms with Crippen LogP contribution in [0.5, 0.6) is 0 Å². The van der Waals surface area contributed by atoms with Gasteiger partial charge in [0.2, 0.25) is 0 Å². The third-order valence-corrected chi connectivity index (χ3v) is 12.2. The van der Waals surface area contributed by atoms with E-state index in [1.165, 1.54) is 25.7 Å². The fourth-order valence-electron chi connectivity index (χ4n) is 4.24. The fourth-order valence-corrected chi connectivity index (χ4v) is 11.5. The van der Waals surface area contributed by atoms with Gasteiger partial charge in [0.25, 0.3) is 0 Å². The summed E-state index contributed by atoms with van der Waals surface area (Å²) < 4.78 is 0. The average molecular weight is 436 g/mol. The molecular weight excluding hydrogens is 408 g/mol. The van der Waals surface area contributed by atoms with Crippen molar-refractivity contribution in [1.82, 2.24) is 0 Å². The summed E-state index contributed by atoms with van der Waals surface area (Å²) >= 11 is 0.382. The van der Waals surface area contributed by atoms with Gasteiger partial charge >= 0.3 is 33.2 Å². The maximum atomic E-state index is 4.73. The van der Waals surface area contributed by atoms with Crippen molar-refractivity contribution in [3.05, 3.63) is 24.3 Å². The molecule has 2 saturated heterocycles. The van der Waals surface area contributed by atoms with Crippen LogP contribution in [-0.2, 0) is 12.9 Å². The molecular formula is C18H28Cl2CoP2. The minimum absolute atomic E-state index is 0.0785. The number of hydrogen-bond acceptors (Lipinski definition) is 0. The molecule has 2 aliphatic rings. The Kier molecular flexibility index (Phi) is 8.68. The van der Waals surface area contributed by atoms with Crippen LogP contribution in [0, 0.1) is 0 Å². The van der Waals surface area contributed by atoms with Crippen LogP contribution in [0.2, 0.25) is 0 Å². The summed E-state index contributed by atoms with van der Waals surface area (Å²) in [5, 5.41) is 3.57. The maximum absolute atomic E-state index is 4.73. The quantitative estimate of drug-likeness (QED) is 0.470. The molecule has 0 saturated carbocycles. The normalized spacial score (nSPS) is 34.4. The van der Waals surface area contributed by atoms with Crippen molar-refractivity contribution < 1.29 is 12.9 Å². The zero-order chi connectivity index (χ0) is 17.0. The van der Waals surface area contributed by atoms with Crippen LogP contribution in [0.25, 0.3) is 0 Å². The molecule has 133 valence electrons. The third-order valence-electron chi connectivity index (χ3n) is 5.34. The minimum atomic E-state index is 0.0785. The van der Waals surface area contributed by atoms with Gasteiger partial charge in [-0.1, -0.05) is 67.8 Å². The molecule has 3 rings (SSSR count). The number of halogens is 2. The Morgan fingerprint density at radius 2 is 1.00 bits per heavy atom. The topological polar surface area (TPSA) is 0 Å². The predicted octanol–water partition coefficient (Wildman–Crippen LogP) is 6.42. The first-order chi connectivity index (χ1) is 11.0. The molecule has 4 atom stereocenters. The van der Waals surface area contributed by atoms with Gasteiger partial charge in [0.1, 0.15) is 0 Å². The summed E-state index contributed by atoms with van der Waals surface area (Å²) in [6.07, 6.45) is 5.79. The predicted molar refractivity (Wildman–Crippen MR) is 108 cm³/mol. The first-order valence-electron chi connectivity index (χ1n) is 8.50. The van der Waals surface area contributed by atoms with E-state index in [2.05, 4.69) is 52.0 Å². The molecule has 0 aromatic heterocycles. The van der Waals surface area contributed by atoms with Gasteiger partial charge < -0.3 is 0 Å². The van der Waals surface area contributed by atoms with Crippen LogP contribution in [0.15, 0.2) is 24.3 Å². The SMILES string of the molecule is CC1CCC(C)P1c1ccccc1P1[C@H](C)CC[C@H]1C.[Cl][Co][Cl]. The van der Waals surface area contributed by atoms with Gasteiger partial charge in [-0.15, -0.1) is 0 Å². The Bertz CT molecular complexity index is 437. The van der Waals surface area contributed by atoms with Gasteiger partial charge in [-0.05, 0) is 58.9 Å². The Hall–Kier alpha value is 1.17. The summed E-state index contributed by atoms with van der Waals surface area (Å²) in [7, 11) is 9.62. The monoisotopic (exact) mass is 435 g/mol. The van der Waals surface area contributed by atoms with E-state index in [4.69, 9.17) is 20.3 Å². The molecule has 0 amide bonds. The fraction of sp³-hybridized carbons (Fsp3) is 0.667. The molecule has 0 nitrogen and oxygen atoms in total. The van der Waals surface area contributed by atoms with E-state index in [1.807, 2.05) is 0 Å². The van der Waals surface area contributed by atoms with Crippen molar-refractivity contribution in [3.63, 3.8) is 0 Å². The van der Waals surface area contributed by atoms with Crippen LogP contribution < -0.4 is 10.6 Å². The second-order valence-electron chi connectivity index (χ2n) is 6.90. The molecule has 2 unspecified atom stereocenters. The van der Waals surface area contributed by atoms with Crippen molar-refractivity contribution >= 4 is 46.7 Å². The second-order valence-corrected chi connectivity index (χ2v) is 14.7. The van der Waals surface area contributed by atoms with E-state index < -0.39 is 0 Å². The molecule has 1 aromatic rings. The van der Waals surface area contributed by atoms with E-state index in [9.17, 15) is 0 Å².